The lowest BCUT2D eigenvalue weighted by Crippen LogP contribution is -2.24. The Labute approximate surface area is 118 Å². The summed E-state index contributed by atoms with van der Waals surface area (Å²) >= 11 is 3.44. The fourth-order valence-corrected chi connectivity index (χ4v) is 2.23. The molecule has 1 aliphatic heterocycles. The summed E-state index contributed by atoms with van der Waals surface area (Å²) in [5.41, 5.74) is 1.18. The zero-order chi connectivity index (χ0) is 13.2. The Balaban J connectivity index is 1.98. The van der Waals surface area contributed by atoms with Crippen molar-refractivity contribution in [1.29, 1.82) is 0 Å². The van der Waals surface area contributed by atoms with Crippen LogP contribution in [-0.2, 0) is 4.79 Å². The number of aliphatic imine (C=N–C) groups is 1. The number of hydrogen-bond acceptors (Lipinski definition) is 3. The second-order valence-corrected chi connectivity index (χ2v) is 4.79. The minimum atomic E-state index is -0.234. The second-order valence-electron chi connectivity index (χ2n) is 3.94. The molecule has 0 aliphatic carbocycles. The van der Waals surface area contributed by atoms with Gasteiger partial charge in [-0.2, -0.15) is 0 Å². The smallest absolute Gasteiger partial charge is 0.275 e. The standard InChI is InChI=1S/C14H9BrN2O2/c15-11-6-2-1-5-10(11)13-16-12(14(18)17-13)8-9-4-3-7-19-9/h1-8H,(H,16,17,18)/b12-8+. The van der Waals surface area contributed by atoms with Gasteiger partial charge in [0.25, 0.3) is 5.91 Å². The molecule has 0 bridgehead atoms. The number of furan rings is 1. The van der Waals surface area contributed by atoms with E-state index in [9.17, 15) is 4.79 Å². The number of carbonyl (C=O) groups excluding carboxylic acids is 1. The molecule has 1 N–H and O–H groups in total. The van der Waals surface area contributed by atoms with E-state index in [1.165, 1.54) is 0 Å². The number of hydrogen-bond donors (Lipinski definition) is 1. The summed E-state index contributed by atoms with van der Waals surface area (Å²) in [5, 5.41) is 2.74. The Hall–Kier alpha value is -2.14. The normalized spacial score (nSPS) is 16.6. The molecule has 3 rings (SSSR count). The Morgan fingerprint density at radius 2 is 2.05 bits per heavy atom. The SMILES string of the molecule is O=C1NC(c2ccccc2Br)=N/C1=C/c1ccco1. The third-order valence-corrected chi connectivity index (χ3v) is 3.34. The number of nitrogens with zero attached hydrogens (tertiary/aromatic N) is 1. The van der Waals surface area contributed by atoms with Crippen LogP contribution in [0, 0.1) is 0 Å². The maximum absolute atomic E-state index is 11.8. The first-order chi connectivity index (χ1) is 9.24. The fraction of sp³-hybridized carbons (Fsp3) is 0. The number of amides is 1. The molecule has 1 aromatic heterocycles. The molecule has 0 radical (unpaired) electrons. The van der Waals surface area contributed by atoms with Crippen LogP contribution in [0.2, 0.25) is 0 Å². The molecule has 1 amide bonds. The minimum absolute atomic E-state index is 0.234. The number of halogens is 1. The lowest BCUT2D eigenvalue weighted by atomic mass is 10.2. The van der Waals surface area contributed by atoms with E-state index in [0.717, 1.165) is 10.0 Å². The molecule has 1 aromatic carbocycles. The summed E-state index contributed by atoms with van der Waals surface area (Å²) in [5.74, 6) is 0.903. The predicted molar refractivity (Wildman–Crippen MR) is 75.5 cm³/mol. The monoisotopic (exact) mass is 316 g/mol. The van der Waals surface area contributed by atoms with E-state index in [1.54, 1.807) is 24.5 Å². The van der Waals surface area contributed by atoms with Crippen molar-refractivity contribution in [2.24, 2.45) is 4.99 Å². The Morgan fingerprint density at radius 3 is 2.79 bits per heavy atom. The average molecular weight is 317 g/mol. The van der Waals surface area contributed by atoms with Crippen LogP contribution in [0.4, 0.5) is 0 Å². The van der Waals surface area contributed by atoms with Crippen LogP contribution in [0.3, 0.4) is 0 Å². The molecule has 19 heavy (non-hydrogen) atoms. The van der Waals surface area contributed by atoms with E-state index in [4.69, 9.17) is 4.42 Å². The zero-order valence-corrected chi connectivity index (χ0v) is 11.3. The van der Waals surface area contributed by atoms with Gasteiger partial charge in [-0.25, -0.2) is 4.99 Å². The van der Waals surface area contributed by atoms with Crippen LogP contribution in [0.5, 0.6) is 0 Å². The first-order valence-corrected chi connectivity index (χ1v) is 6.43. The molecule has 0 saturated carbocycles. The van der Waals surface area contributed by atoms with Gasteiger partial charge in [-0.05, 0) is 18.2 Å². The number of rotatable bonds is 2. The van der Waals surface area contributed by atoms with E-state index in [-0.39, 0.29) is 5.91 Å². The fourth-order valence-electron chi connectivity index (χ4n) is 1.76. The van der Waals surface area contributed by atoms with Gasteiger partial charge in [-0.3, -0.25) is 4.79 Å². The maximum atomic E-state index is 11.8. The van der Waals surface area contributed by atoms with E-state index < -0.39 is 0 Å². The van der Waals surface area contributed by atoms with Gasteiger partial charge in [-0.15, -0.1) is 0 Å². The molecule has 0 fully saturated rings. The van der Waals surface area contributed by atoms with Crippen molar-refractivity contribution in [2.45, 2.75) is 0 Å². The Bertz CT molecular complexity index is 687. The zero-order valence-electron chi connectivity index (χ0n) is 9.76. The third kappa shape index (κ3) is 2.37. The first kappa shape index (κ1) is 11.9. The summed E-state index contributed by atoms with van der Waals surface area (Å²) in [6.07, 6.45) is 3.16. The molecule has 94 valence electrons. The van der Waals surface area contributed by atoms with Crippen LogP contribution >= 0.6 is 15.9 Å². The molecule has 2 aromatic rings. The molecule has 0 saturated heterocycles. The number of nitrogens with one attached hydrogen (secondary N) is 1. The number of carbonyl (C=O) groups is 1. The van der Waals surface area contributed by atoms with Crippen molar-refractivity contribution in [3.8, 4) is 0 Å². The highest BCUT2D eigenvalue weighted by atomic mass is 79.9. The van der Waals surface area contributed by atoms with Crippen molar-refractivity contribution in [1.82, 2.24) is 5.32 Å². The van der Waals surface area contributed by atoms with Gasteiger partial charge in [0.15, 0.2) is 0 Å². The molecular weight excluding hydrogens is 308 g/mol. The molecule has 0 spiro atoms. The molecule has 0 unspecified atom stereocenters. The largest absolute Gasteiger partial charge is 0.465 e. The van der Waals surface area contributed by atoms with Gasteiger partial charge in [0.2, 0.25) is 0 Å². The van der Waals surface area contributed by atoms with Gasteiger partial charge in [0, 0.05) is 16.1 Å². The van der Waals surface area contributed by atoms with Crippen molar-refractivity contribution in [3.05, 3.63) is 64.2 Å². The molecule has 1 aliphatic rings. The maximum Gasteiger partial charge on any atom is 0.275 e. The molecule has 0 atom stereocenters. The summed E-state index contributed by atoms with van der Waals surface area (Å²) in [6, 6.07) is 11.1. The van der Waals surface area contributed by atoms with E-state index in [2.05, 4.69) is 26.2 Å². The van der Waals surface area contributed by atoms with Crippen LogP contribution in [0.25, 0.3) is 6.08 Å². The third-order valence-electron chi connectivity index (χ3n) is 2.65. The van der Waals surface area contributed by atoms with Crippen LogP contribution in [0.15, 0.2) is 62.2 Å². The van der Waals surface area contributed by atoms with Crippen molar-refractivity contribution >= 4 is 33.7 Å². The van der Waals surface area contributed by atoms with Crippen molar-refractivity contribution < 1.29 is 9.21 Å². The lowest BCUT2D eigenvalue weighted by molar-refractivity contribution is -0.115. The topological polar surface area (TPSA) is 54.6 Å². The van der Waals surface area contributed by atoms with Gasteiger partial charge >= 0.3 is 0 Å². The van der Waals surface area contributed by atoms with Crippen LogP contribution in [-0.4, -0.2) is 11.7 Å². The summed E-state index contributed by atoms with van der Waals surface area (Å²) in [6.45, 7) is 0. The molecule has 4 nitrogen and oxygen atoms in total. The summed E-state index contributed by atoms with van der Waals surface area (Å²) in [4.78, 5) is 16.1. The van der Waals surface area contributed by atoms with Gasteiger partial charge < -0.3 is 9.73 Å². The molecule has 2 heterocycles. The number of benzene rings is 1. The molecule has 5 heteroatoms. The van der Waals surface area contributed by atoms with Crippen molar-refractivity contribution in [3.63, 3.8) is 0 Å². The Kier molecular flexibility index (Phi) is 3.05. The first-order valence-electron chi connectivity index (χ1n) is 5.64. The predicted octanol–water partition coefficient (Wildman–Crippen LogP) is 2.96. The molecular formula is C14H9BrN2O2. The van der Waals surface area contributed by atoms with Gasteiger partial charge in [-0.1, -0.05) is 34.1 Å². The quantitative estimate of drug-likeness (QED) is 0.866. The highest BCUT2D eigenvalue weighted by molar-refractivity contribution is 9.10. The summed E-state index contributed by atoms with van der Waals surface area (Å²) < 4.78 is 6.06. The second kappa shape index (κ2) is 4.85. The van der Waals surface area contributed by atoms with E-state index in [0.29, 0.717) is 17.3 Å². The highest BCUT2D eigenvalue weighted by Gasteiger charge is 2.22. The lowest BCUT2D eigenvalue weighted by Gasteiger charge is -2.02. The van der Waals surface area contributed by atoms with Gasteiger partial charge in [0.05, 0.1) is 6.26 Å². The highest BCUT2D eigenvalue weighted by Crippen LogP contribution is 2.20. The average Bonchev–Trinajstić information content (AvgIpc) is 3.02. The van der Waals surface area contributed by atoms with E-state index in [1.807, 2.05) is 24.3 Å². The Morgan fingerprint density at radius 1 is 1.21 bits per heavy atom. The minimum Gasteiger partial charge on any atom is -0.465 e. The summed E-state index contributed by atoms with van der Waals surface area (Å²) in [7, 11) is 0. The van der Waals surface area contributed by atoms with E-state index >= 15 is 0 Å². The van der Waals surface area contributed by atoms with Crippen LogP contribution in [0.1, 0.15) is 11.3 Å². The van der Waals surface area contributed by atoms with Gasteiger partial charge in [0.1, 0.15) is 17.3 Å². The van der Waals surface area contributed by atoms with Crippen molar-refractivity contribution in [2.75, 3.05) is 0 Å². The number of amidine groups is 1. The van der Waals surface area contributed by atoms with Crippen LogP contribution < -0.4 is 5.32 Å².